The molecule has 0 spiro atoms. The van der Waals surface area contributed by atoms with Crippen molar-refractivity contribution in [2.45, 2.75) is 25.9 Å². The molecule has 1 aliphatic heterocycles. The summed E-state index contributed by atoms with van der Waals surface area (Å²) in [5, 5.41) is 0. The first kappa shape index (κ1) is 10.4. The Kier molecular flexibility index (Phi) is 3.44. The van der Waals surface area contributed by atoms with Crippen LogP contribution in [0.2, 0.25) is 0 Å². The lowest BCUT2D eigenvalue weighted by Gasteiger charge is -2.27. The molecule has 14 heavy (non-hydrogen) atoms. The third-order valence-electron chi connectivity index (χ3n) is 2.79. The maximum atomic E-state index is 5.77. The average Bonchev–Trinajstić information content (AvgIpc) is 2.19. The molecule has 2 unspecified atom stereocenters. The van der Waals surface area contributed by atoms with Gasteiger partial charge in [0.2, 0.25) is 0 Å². The zero-order valence-electron chi connectivity index (χ0n) is 8.37. The SMILES string of the molecule is CC1CCOC(c2ccc(I)cc2)C1. The normalized spacial score (nSPS) is 27.6. The minimum atomic E-state index is 0.329. The zero-order chi connectivity index (χ0) is 9.97. The van der Waals surface area contributed by atoms with E-state index in [0.717, 1.165) is 12.5 Å². The summed E-state index contributed by atoms with van der Waals surface area (Å²) in [6, 6.07) is 8.67. The number of ether oxygens (including phenoxy) is 1. The van der Waals surface area contributed by atoms with E-state index < -0.39 is 0 Å². The zero-order valence-corrected chi connectivity index (χ0v) is 10.5. The highest BCUT2D eigenvalue weighted by atomic mass is 127. The van der Waals surface area contributed by atoms with Crippen LogP contribution in [-0.2, 0) is 4.74 Å². The molecule has 1 fully saturated rings. The van der Waals surface area contributed by atoms with E-state index in [9.17, 15) is 0 Å². The number of benzene rings is 1. The van der Waals surface area contributed by atoms with E-state index in [1.165, 1.54) is 22.0 Å². The van der Waals surface area contributed by atoms with Crippen LogP contribution in [-0.4, -0.2) is 6.61 Å². The molecular formula is C12H15IO. The standard InChI is InChI=1S/C12H15IO/c1-9-6-7-14-12(8-9)10-2-4-11(13)5-3-10/h2-5,9,12H,6-8H2,1H3. The van der Waals surface area contributed by atoms with E-state index in [2.05, 4.69) is 53.8 Å². The van der Waals surface area contributed by atoms with Crippen molar-refractivity contribution in [2.24, 2.45) is 5.92 Å². The van der Waals surface area contributed by atoms with Crippen LogP contribution in [0.3, 0.4) is 0 Å². The molecule has 76 valence electrons. The predicted octanol–water partition coefficient (Wildman–Crippen LogP) is 3.78. The van der Waals surface area contributed by atoms with Gasteiger partial charge in [-0.15, -0.1) is 0 Å². The second-order valence-electron chi connectivity index (χ2n) is 4.04. The van der Waals surface area contributed by atoms with Gasteiger partial charge in [0.25, 0.3) is 0 Å². The smallest absolute Gasteiger partial charge is 0.0827 e. The molecule has 1 aromatic rings. The Hall–Kier alpha value is -0.0900. The summed E-state index contributed by atoms with van der Waals surface area (Å²) >= 11 is 2.33. The molecule has 0 radical (unpaired) electrons. The van der Waals surface area contributed by atoms with Crippen molar-refractivity contribution in [1.29, 1.82) is 0 Å². The van der Waals surface area contributed by atoms with Crippen LogP contribution in [0, 0.1) is 9.49 Å². The quantitative estimate of drug-likeness (QED) is 0.717. The summed E-state index contributed by atoms with van der Waals surface area (Å²) in [7, 11) is 0. The van der Waals surface area contributed by atoms with E-state index >= 15 is 0 Å². The summed E-state index contributed by atoms with van der Waals surface area (Å²) in [5.74, 6) is 0.799. The third-order valence-corrected chi connectivity index (χ3v) is 3.51. The fourth-order valence-corrected chi connectivity index (χ4v) is 2.23. The van der Waals surface area contributed by atoms with Crippen molar-refractivity contribution in [3.63, 3.8) is 0 Å². The van der Waals surface area contributed by atoms with Crippen LogP contribution < -0.4 is 0 Å². The highest BCUT2D eigenvalue weighted by Gasteiger charge is 2.20. The topological polar surface area (TPSA) is 9.23 Å². The van der Waals surface area contributed by atoms with Crippen LogP contribution in [0.5, 0.6) is 0 Å². The molecule has 2 atom stereocenters. The predicted molar refractivity (Wildman–Crippen MR) is 66.3 cm³/mol. The van der Waals surface area contributed by atoms with Crippen molar-refractivity contribution < 1.29 is 4.74 Å². The molecule has 0 amide bonds. The minimum absolute atomic E-state index is 0.329. The second kappa shape index (κ2) is 4.62. The number of rotatable bonds is 1. The molecule has 1 aromatic carbocycles. The van der Waals surface area contributed by atoms with E-state index in [1.54, 1.807) is 0 Å². The lowest BCUT2D eigenvalue weighted by Crippen LogP contribution is -2.17. The Morgan fingerprint density at radius 1 is 1.29 bits per heavy atom. The molecule has 0 aromatic heterocycles. The van der Waals surface area contributed by atoms with E-state index in [0.29, 0.717) is 6.10 Å². The first-order valence-electron chi connectivity index (χ1n) is 5.13. The third kappa shape index (κ3) is 2.48. The molecule has 0 bridgehead atoms. The number of halogens is 1. The molecule has 0 saturated carbocycles. The van der Waals surface area contributed by atoms with Gasteiger partial charge in [0.1, 0.15) is 0 Å². The summed E-state index contributed by atoms with van der Waals surface area (Å²) in [5.41, 5.74) is 1.33. The van der Waals surface area contributed by atoms with Gasteiger partial charge in [0.05, 0.1) is 6.10 Å². The highest BCUT2D eigenvalue weighted by Crippen LogP contribution is 2.31. The lowest BCUT2D eigenvalue weighted by molar-refractivity contribution is -0.00633. The maximum absolute atomic E-state index is 5.77. The fraction of sp³-hybridized carbons (Fsp3) is 0.500. The minimum Gasteiger partial charge on any atom is -0.374 e. The second-order valence-corrected chi connectivity index (χ2v) is 5.29. The van der Waals surface area contributed by atoms with Gasteiger partial charge in [-0.2, -0.15) is 0 Å². The Morgan fingerprint density at radius 3 is 2.64 bits per heavy atom. The van der Waals surface area contributed by atoms with Crippen molar-refractivity contribution in [3.05, 3.63) is 33.4 Å². The van der Waals surface area contributed by atoms with Crippen LogP contribution in [0.4, 0.5) is 0 Å². The largest absolute Gasteiger partial charge is 0.374 e. The van der Waals surface area contributed by atoms with Gasteiger partial charge in [0.15, 0.2) is 0 Å². The number of hydrogen-bond acceptors (Lipinski definition) is 1. The summed E-state index contributed by atoms with van der Waals surface area (Å²) in [4.78, 5) is 0. The highest BCUT2D eigenvalue weighted by molar-refractivity contribution is 14.1. The lowest BCUT2D eigenvalue weighted by atomic mass is 9.93. The van der Waals surface area contributed by atoms with Crippen LogP contribution in [0.15, 0.2) is 24.3 Å². The monoisotopic (exact) mass is 302 g/mol. The van der Waals surface area contributed by atoms with Crippen molar-refractivity contribution in [1.82, 2.24) is 0 Å². The molecule has 1 saturated heterocycles. The van der Waals surface area contributed by atoms with Gasteiger partial charge in [0, 0.05) is 10.2 Å². The Bertz CT molecular complexity index is 294. The molecule has 2 heteroatoms. The van der Waals surface area contributed by atoms with Gasteiger partial charge in [-0.1, -0.05) is 19.1 Å². The number of hydrogen-bond donors (Lipinski definition) is 0. The summed E-state index contributed by atoms with van der Waals surface area (Å²) in [6.45, 7) is 3.22. The molecule has 0 aliphatic carbocycles. The molecule has 1 nitrogen and oxygen atoms in total. The average molecular weight is 302 g/mol. The van der Waals surface area contributed by atoms with Gasteiger partial charge in [-0.3, -0.25) is 0 Å². The molecule has 0 N–H and O–H groups in total. The Morgan fingerprint density at radius 2 is 2.00 bits per heavy atom. The van der Waals surface area contributed by atoms with Gasteiger partial charge in [-0.05, 0) is 59.0 Å². The van der Waals surface area contributed by atoms with Gasteiger partial charge < -0.3 is 4.74 Å². The summed E-state index contributed by atoms with van der Waals surface area (Å²) < 4.78 is 7.06. The van der Waals surface area contributed by atoms with Crippen LogP contribution in [0.25, 0.3) is 0 Å². The van der Waals surface area contributed by atoms with Gasteiger partial charge in [-0.25, -0.2) is 0 Å². The molecule has 1 aliphatic rings. The maximum Gasteiger partial charge on any atom is 0.0827 e. The van der Waals surface area contributed by atoms with Crippen molar-refractivity contribution in [2.75, 3.05) is 6.61 Å². The van der Waals surface area contributed by atoms with E-state index in [4.69, 9.17) is 4.74 Å². The Balaban J connectivity index is 2.10. The fourth-order valence-electron chi connectivity index (χ4n) is 1.87. The first-order valence-corrected chi connectivity index (χ1v) is 6.20. The van der Waals surface area contributed by atoms with E-state index in [-0.39, 0.29) is 0 Å². The van der Waals surface area contributed by atoms with Gasteiger partial charge >= 0.3 is 0 Å². The summed E-state index contributed by atoms with van der Waals surface area (Å²) in [6.07, 6.45) is 2.71. The molecule has 2 rings (SSSR count). The van der Waals surface area contributed by atoms with Crippen LogP contribution in [0.1, 0.15) is 31.4 Å². The van der Waals surface area contributed by atoms with Crippen molar-refractivity contribution >= 4 is 22.6 Å². The first-order chi connectivity index (χ1) is 6.75. The van der Waals surface area contributed by atoms with E-state index in [1.807, 2.05) is 0 Å². The Labute approximate surface area is 99.0 Å². The molecular weight excluding hydrogens is 287 g/mol. The molecule has 1 heterocycles. The van der Waals surface area contributed by atoms with Crippen LogP contribution >= 0.6 is 22.6 Å². The van der Waals surface area contributed by atoms with Crippen molar-refractivity contribution in [3.8, 4) is 0 Å².